The molecule has 2 aromatic heterocycles. The van der Waals surface area contributed by atoms with E-state index in [-0.39, 0.29) is 0 Å². The van der Waals surface area contributed by atoms with E-state index in [2.05, 4.69) is 15.0 Å². The lowest BCUT2D eigenvalue weighted by Crippen LogP contribution is -2.22. The molecular weight excluding hydrogens is 212 g/mol. The Balaban J connectivity index is 1.93. The number of nitrogens with zero attached hydrogens (tertiary/aromatic N) is 2. The third-order valence-corrected chi connectivity index (χ3v) is 3.41. The van der Waals surface area contributed by atoms with Gasteiger partial charge in [0.2, 0.25) is 0 Å². The molecule has 1 atom stereocenters. The molecule has 4 heteroatoms. The van der Waals surface area contributed by atoms with Crippen molar-refractivity contribution in [2.45, 2.75) is 19.3 Å². The summed E-state index contributed by atoms with van der Waals surface area (Å²) >= 11 is 0. The molecule has 0 aliphatic heterocycles. The third-order valence-electron chi connectivity index (χ3n) is 3.41. The molecular formula is C13H16N4. The molecule has 0 bridgehead atoms. The van der Waals surface area contributed by atoms with Crippen LogP contribution in [0.2, 0.25) is 0 Å². The molecule has 3 rings (SSSR count). The SMILES string of the molecule is NCC1CCc2nc(-c3cccnc3)[nH]c2C1. The highest BCUT2D eigenvalue weighted by atomic mass is 14.9. The normalized spacial score (nSPS) is 19.0. The van der Waals surface area contributed by atoms with Crippen molar-refractivity contribution in [2.24, 2.45) is 11.7 Å². The lowest BCUT2D eigenvalue weighted by molar-refractivity contribution is 0.461. The molecule has 2 heterocycles. The zero-order chi connectivity index (χ0) is 11.7. The minimum atomic E-state index is 0.602. The van der Waals surface area contributed by atoms with Gasteiger partial charge in [0.1, 0.15) is 5.82 Å². The van der Waals surface area contributed by atoms with Crippen LogP contribution in [0.1, 0.15) is 17.8 Å². The molecule has 3 N–H and O–H groups in total. The Morgan fingerprint density at radius 1 is 1.47 bits per heavy atom. The van der Waals surface area contributed by atoms with Gasteiger partial charge in [0.05, 0.1) is 5.69 Å². The van der Waals surface area contributed by atoms with E-state index in [1.165, 1.54) is 11.4 Å². The van der Waals surface area contributed by atoms with Crippen LogP contribution in [0, 0.1) is 5.92 Å². The van der Waals surface area contributed by atoms with Gasteiger partial charge in [-0.25, -0.2) is 4.98 Å². The van der Waals surface area contributed by atoms with Gasteiger partial charge in [-0.15, -0.1) is 0 Å². The number of aromatic amines is 1. The number of imidazole rings is 1. The van der Waals surface area contributed by atoms with E-state index < -0.39 is 0 Å². The van der Waals surface area contributed by atoms with E-state index in [0.29, 0.717) is 5.92 Å². The first kappa shape index (κ1) is 10.5. The fourth-order valence-corrected chi connectivity index (χ4v) is 2.39. The minimum absolute atomic E-state index is 0.602. The van der Waals surface area contributed by atoms with Gasteiger partial charge >= 0.3 is 0 Å². The third kappa shape index (κ3) is 1.96. The van der Waals surface area contributed by atoms with Gasteiger partial charge in [0, 0.05) is 23.7 Å². The summed E-state index contributed by atoms with van der Waals surface area (Å²) in [6.07, 6.45) is 6.83. The van der Waals surface area contributed by atoms with Crippen LogP contribution in [0.15, 0.2) is 24.5 Å². The second-order valence-electron chi connectivity index (χ2n) is 4.60. The zero-order valence-corrected chi connectivity index (χ0v) is 9.69. The van der Waals surface area contributed by atoms with Crippen LogP contribution in [0.25, 0.3) is 11.4 Å². The average Bonchev–Trinajstić information content (AvgIpc) is 2.82. The number of hydrogen-bond acceptors (Lipinski definition) is 3. The molecule has 1 aliphatic carbocycles. The highest BCUT2D eigenvalue weighted by Gasteiger charge is 2.21. The summed E-state index contributed by atoms with van der Waals surface area (Å²) < 4.78 is 0. The van der Waals surface area contributed by atoms with Crippen LogP contribution < -0.4 is 5.73 Å². The fraction of sp³-hybridized carbons (Fsp3) is 0.385. The number of aromatic nitrogens is 3. The summed E-state index contributed by atoms with van der Waals surface area (Å²) in [5, 5.41) is 0. The summed E-state index contributed by atoms with van der Waals surface area (Å²) in [6.45, 7) is 0.765. The van der Waals surface area contributed by atoms with E-state index in [1.54, 1.807) is 6.20 Å². The van der Waals surface area contributed by atoms with Crippen LogP contribution in [0.3, 0.4) is 0 Å². The quantitative estimate of drug-likeness (QED) is 0.819. The molecule has 88 valence electrons. The Morgan fingerprint density at radius 2 is 2.41 bits per heavy atom. The largest absolute Gasteiger partial charge is 0.342 e. The van der Waals surface area contributed by atoms with Crippen LogP contribution in [-0.2, 0) is 12.8 Å². The van der Waals surface area contributed by atoms with Crippen molar-refractivity contribution in [1.82, 2.24) is 15.0 Å². The second kappa shape index (κ2) is 4.30. The van der Waals surface area contributed by atoms with Gasteiger partial charge in [0.25, 0.3) is 0 Å². The summed E-state index contributed by atoms with van der Waals surface area (Å²) in [5.74, 6) is 1.53. The molecule has 2 aromatic rings. The van der Waals surface area contributed by atoms with E-state index in [1.807, 2.05) is 18.3 Å². The number of nitrogens with two attached hydrogens (primary N) is 1. The Morgan fingerprint density at radius 3 is 3.18 bits per heavy atom. The second-order valence-corrected chi connectivity index (χ2v) is 4.60. The zero-order valence-electron chi connectivity index (χ0n) is 9.69. The molecule has 17 heavy (non-hydrogen) atoms. The number of aryl methyl sites for hydroxylation is 1. The molecule has 0 aromatic carbocycles. The standard InChI is InChI=1S/C13H16N4/c14-7-9-3-4-11-12(6-9)17-13(16-11)10-2-1-5-15-8-10/h1-2,5,8-9H,3-4,6-7,14H2,(H,16,17). The topological polar surface area (TPSA) is 67.6 Å². The van der Waals surface area contributed by atoms with Crippen LogP contribution in [0.4, 0.5) is 0 Å². The van der Waals surface area contributed by atoms with E-state index >= 15 is 0 Å². The maximum Gasteiger partial charge on any atom is 0.139 e. The molecule has 0 amide bonds. The van der Waals surface area contributed by atoms with Gasteiger partial charge in [-0.1, -0.05) is 0 Å². The summed E-state index contributed by atoms with van der Waals surface area (Å²) in [4.78, 5) is 12.2. The van der Waals surface area contributed by atoms with E-state index in [0.717, 1.165) is 37.2 Å². The maximum atomic E-state index is 5.73. The van der Waals surface area contributed by atoms with Crippen molar-refractivity contribution in [1.29, 1.82) is 0 Å². The predicted octanol–water partition coefficient (Wildman–Crippen LogP) is 1.54. The van der Waals surface area contributed by atoms with Crippen molar-refractivity contribution in [3.8, 4) is 11.4 Å². The van der Waals surface area contributed by atoms with Gasteiger partial charge in [-0.05, 0) is 43.9 Å². The molecule has 0 radical (unpaired) electrons. The Labute approximate surface area is 100 Å². The molecule has 0 spiro atoms. The van der Waals surface area contributed by atoms with Crippen LogP contribution in [-0.4, -0.2) is 21.5 Å². The van der Waals surface area contributed by atoms with E-state index in [4.69, 9.17) is 5.73 Å². The van der Waals surface area contributed by atoms with E-state index in [9.17, 15) is 0 Å². The van der Waals surface area contributed by atoms with Crippen molar-refractivity contribution < 1.29 is 0 Å². The molecule has 4 nitrogen and oxygen atoms in total. The smallest absolute Gasteiger partial charge is 0.139 e. The summed E-state index contributed by atoms with van der Waals surface area (Å²) in [6, 6.07) is 3.96. The van der Waals surface area contributed by atoms with Crippen LogP contribution in [0.5, 0.6) is 0 Å². The Kier molecular flexibility index (Phi) is 2.65. The first-order valence-electron chi connectivity index (χ1n) is 6.05. The lowest BCUT2D eigenvalue weighted by atomic mass is 9.90. The van der Waals surface area contributed by atoms with Crippen molar-refractivity contribution in [2.75, 3.05) is 6.54 Å². The lowest BCUT2D eigenvalue weighted by Gasteiger charge is -2.18. The number of pyridine rings is 1. The minimum Gasteiger partial charge on any atom is -0.342 e. The van der Waals surface area contributed by atoms with Crippen molar-refractivity contribution in [3.05, 3.63) is 35.9 Å². The number of H-pyrrole nitrogens is 1. The fourth-order valence-electron chi connectivity index (χ4n) is 2.39. The van der Waals surface area contributed by atoms with Gasteiger partial charge in [-0.2, -0.15) is 0 Å². The van der Waals surface area contributed by atoms with Crippen LogP contribution >= 0.6 is 0 Å². The van der Waals surface area contributed by atoms with Crippen molar-refractivity contribution in [3.63, 3.8) is 0 Å². The predicted molar refractivity (Wildman–Crippen MR) is 66.4 cm³/mol. The number of rotatable bonds is 2. The molecule has 1 aliphatic rings. The summed E-state index contributed by atoms with van der Waals surface area (Å²) in [7, 11) is 0. The first-order chi connectivity index (χ1) is 8.36. The molecule has 1 unspecified atom stereocenters. The highest BCUT2D eigenvalue weighted by Crippen LogP contribution is 2.26. The number of fused-ring (bicyclic) bond motifs is 1. The van der Waals surface area contributed by atoms with Gasteiger partial charge in [0.15, 0.2) is 0 Å². The maximum absolute atomic E-state index is 5.73. The molecule has 0 fully saturated rings. The van der Waals surface area contributed by atoms with Gasteiger partial charge < -0.3 is 10.7 Å². The number of nitrogens with one attached hydrogen (secondary N) is 1. The Hall–Kier alpha value is -1.68. The summed E-state index contributed by atoms with van der Waals surface area (Å²) in [5.41, 5.74) is 9.24. The average molecular weight is 228 g/mol. The highest BCUT2D eigenvalue weighted by molar-refractivity contribution is 5.54. The van der Waals surface area contributed by atoms with Crippen molar-refractivity contribution >= 4 is 0 Å². The first-order valence-corrected chi connectivity index (χ1v) is 6.05. The van der Waals surface area contributed by atoms with Gasteiger partial charge in [-0.3, -0.25) is 4.98 Å². The number of hydrogen-bond donors (Lipinski definition) is 2. The molecule has 0 saturated heterocycles. The Bertz CT molecular complexity index is 503. The monoisotopic (exact) mass is 228 g/mol. The molecule has 0 saturated carbocycles.